The van der Waals surface area contributed by atoms with Gasteiger partial charge in [-0.25, -0.2) is 0 Å². The van der Waals surface area contributed by atoms with Gasteiger partial charge in [0.25, 0.3) is 0 Å². The van der Waals surface area contributed by atoms with Gasteiger partial charge in [0, 0.05) is 0 Å². The molecule has 12 radical (unpaired) electrons. The van der Waals surface area contributed by atoms with Gasteiger partial charge >= 0.3 is 102 Å². The van der Waals surface area contributed by atoms with Crippen molar-refractivity contribution in [3.05, 3.63) is 11.1 Å². The van der Waals surface area contributed by atoms with Crippen molar-refractivity contribution in [2.75, 3.05) is 0 Å². The van der Waals surface area contributed by atoms with Gasteiger partial charge in [-0.1, -0.05) is 187 Å². The minimum atomic E-state index is -0.391. The zero-order valence-electron chi connectivity index (χ0n) is 39.3. The van der Waals surface area contributed by atoms with Crippen LogP contribution in [-0.4, -0.2) is 72.6 Å². The molecule has 0 rings (SSSR count). The van der Waals surface area contributed by atoms with E-state index < -0.39 is 26.4 Å². The van der Waals surface area contributed by atoms with E-state index in [-0.39, 0.29) is 0 Å². The number of hydrogen-bond acceptors (Lipinski definition) is 0. The quantitative estimate of drug-likeness (QED) is 0.147. The fraction of sp³-hybridized carbons (Fsp3) is 0.952. The first-order valence-corrected chi connectivity index (χ1v) is 32.5. The van der Waals surface area contributed by atoms with Crippen molar-refractivity contribution >= 4 is 92.8 Å². The monoisotopic (exact) mass is 1030 g/mol. The number of allylic oxidation sites excluding steroid dienone is 2. The molecule has 0 aromatic carbocycles. The maximum atomic E-state index is 2.40. The van der Waals surface area contributed by atoms with E-state index in [1.807, 2.05) is 13.2 Å². The summed E-state index contributed by atoms with van der Waals surface area (Å²) in [5.41, 5.74) is 3.10. The summed E-state index contributed by atoms with van der Waals surface area (Å²) in [5.74, 6) is 0. The summed E-state index contributed by atoms with van der Waals surface area (Å²) in [6, 6.07) is 0. The van der Waals surface area contributed by atoms with Gasteiger partial charge in [0.05, 0.1) is 26.4 Å². The van der Waals surface area contributed by atoms with Crippen LogP contribution in [0.3, 0.4) is 0 Å². The molecule has 290 valence electrons. The fourth-order valence-electron chi connectivity index (χ4n) is 10.4. The zero-order chi connectivity index (χ0) is 41.8. The molecule has 0 saturated carbocycles. The molecule has 0 saturated heterocycles. The van der Waals surface area contributed by atoms with Crippen molar-refractivity contribution in [3.63, 3.8) is 0 Å². The molecule has 0 aliphatic heterocycles. The predicted molar refractivity (Wildman–Crippen MR) is 254 cm³/mol. The Kier molecular flexibility index (Phi) is 28.7. The molecule has 0 aromatic heterocycles. The number of rotatable bonds is 2. The topological polar surface area (TPSA) is 0 Å². The first-order chi connectivity index (χ1) is 20.8. The molecule has 0 N–H and O–H groups in total. The normalized spacial score (nSPS) is 14.4. The summed E-state index contributed by atoms with van der Waals surface area (Å²) in [5, 5.41) is 6.80. The molecule has 0 bridgehead atoms. The van der Waals surface area contributed by atoms with Crippen molar-refractivity contribution in [1.29, 1.82) is 0 Å². The Morgan fingerprint density at radius 1 is 0.306 bits per heavy atom. The second-order valence-electron chi connectivity index (χ2n) is 23.3. The van der Waals surface area contributed by atoms with Crippen LogP contribution in [0.25, 0.3) is 0 Å². The van der Waals surface area contributed by atoms with Gasteiger partial charge in [0.1, 0.15) is 0 Å². The standard InChI is InChI=1S/3C12H27Si.C6H10Ge2.GeI/c3*1-10(2,3)13(11(4,5)6)12(7,8)9;1-5(3-7)6(2)4-8;1-2/h3*1-9H3;3-4H2,1-2H3;/b;;;6-5-;. The van der Waals surface area contributed by atoms with Crippen LogP contribution in [0.1, 0.15) is 201 Å². The third-order valence-electron chi connectivity index (χ3n) is 8.01. The Labute approximate surface area is 357 Å². The van der Waals surface area contributed by atoms with Crippen LogP contribution in [0, 0.1) is 0 Å². The average Bonchev–Trinajstić information content (AvgIpc) is 2.70. The Hall–Kier alpha value is 2.75. The minimum absolute atomic E-state index is 0.391. The number of hydrogen-bond donors (Lipinski definition) is 0. The van der Waals surface area contributed by atoms with E-state index in [4.69, 9.17) is 0 Å². The van der Waals surface area contributed by atoms with Crippen LogP contribution in [0.5, 0.6) is 0 Å². The first kappa shape index (κ1) is 61.0. The Balaban J connectivity index is -0.000000175. The van der Waals surface area contributed by atoms with E-state index in [9.17, 15) is 0 Å². The van der Waals surface area contributed by atoms with E-state index in [1.54, 1.807) is 11.1 Å². The van der Waals surface area contributed by atoms with Gasteiger partial charge in [-0.2, -0.15) is 0 Å². The van der Waals surface area contributed by atoms with Gasteiger partial charge in [-0.15, -0.1) is 0 Å². The molecular formula is C42H91Ge3ISi3. The summed E-state index contributed by atoms with van der Waals surface area (Å²) >= 11 is 8.53. The summed E-state index contributed by atoms with van der Waals surface area (Å²) in [7, 11) is -1.17. The predicted octanol–water partition coefficient (Wildman–Crippen LogP) is 16.6. The van der Waals surface area contributed by atoms with Gasteiger partial charge in [-0.3, -0.25) is 0 Å². The molecular weight excluding hydrogens is 933 g/mol. The maximum absolute atomic E-state index is 2.40. The van der Waals surface area contributed by atoms with Gasteiger partial charge in [0.2, 0.25) is 0 Å². The third kappa shape index (κ3) is 28.8. The Bertz CT molecular complexity index is 684. The van der Waals surface area contributed by atoms with E-state index in [2.05, 4.69) is 254 Å². The third-order valence-corrected chi connectivity index (χ3v) is 23.7. The molecule has 0 nitrogen and oxygen atoms in total. The van der Waals surface area contributed by atoms with Crippen molar-refractivity contribution < 1.29 is 0 Å². The van der Waals surface area contributed by atoms with E-state index >= 15 is 0 Å². The van der Waals surface area contributed by atoms with Gasteiger partial charge in [-0.05, 0) is 45.3 Å². The van der Waals surface area contributed by atoms with Crippen LogP contribution in [0.2, 0.25) is 55.9 Å². The van der Waals surface area contributed by atoms with E-state index in [1.165, 1.54) is 10.5 Å². The second-order valence-corrected chi connectivity index (χ2v) is 40.5. The summed E-state index contributed by atoms with van der Waals surface area (Å²) in [6.07, 6.45) is 0. The zero-order valence-corrected chi connectivity index (χ0v) is 50.7. The van der Waals surface area contributed by atoms with Crippen LogP contribution in [-0.2, 0) is 0 Å². The van der Waals surface area contributed by atoms with Crippen LogP contribution >= 0.6 is 20.2 Å². The molecule has 0 unspecified atom stereocenters. The molecule has 0 amide bonds. The van der Waals surface area contributed by atoms with Crippen molar-refractivity contribution in [3.8, 4) is 0 Å². The van der Waals surface area contributed by atoms with Crippen LogP contribution in [0.4, 0.5) is 0 Å². The first-order valence-electron chi connectivity index (χ1n) is 18.6. The average molecular weight is 1030 g/mol. The molecule has 0 fully saturated rings. The summed E-state index contributed by atoms with van der Waals surface area (Å²) in [6.45, 7) is 69.2. The SMILES string of the molecule is C/C([CH2][Ge])=C(\C)[CH2][Ge].CC(C)(C)[Si](C(C)(C)C)C(C)(C)C.CC(C)(C)[Si](C(C)(C)C)C(C)(C)C.CC(C)(C)[Si](C(C)(C)C)C(C)(C)C.[Ge][I]. The molecule has 0 heterocycles. The van der Waals surface area contributed by atoms with Crippen molar-refractivity contribution in [1.82, 2.24) is 0 Å². The summed E-state index contributed by atoms with van der Waals surface area (Å²) in [4.78, 5) is 0. The molecule has 0 aromatic rings. The van der Waals surface area contributed by atoms with Crippen molar-refractivity contribution in [2.24, 2.45) is 0 Å². The van der Waals surface area contributed by atoms with Crippen LogP contribution < -0.4 is 0 Å². The second kappa shape index (κ2) is 23.1. The molecule has 0 atom stereocenters. The molecule has 49 heavy (non-hydrogen) atoms. The van der Waals surface area contributed by atoms with E-state index in [0.29, 0.717) is 45.3 Å². The number of halogens is 1. The van der Waals surface area contributed by atoms with Crippen LogP contribution in [0.15, 0.2) is 11.1 Å². The molecule has 7 heteroatoms. The molecule has 0 spiro atoms. The Morgan fingerprint density at radius 2 is 0.388 bits per heavy atom. The van der Waals surface area contributed by atoms with E-state index in [0.717, 1.165) is 0 Å². The van der Waals surface area contributed by atoms with Gasteiger partial charge < -0.3 is 0 Å². The molecule has 0 aliphatic rings. The van der Waals surface area contributed by atoms with Crippen molar-refractivity contribution in [2.45, 2.75) is 257 Å². The summed E-state index contributed by atoms with van der Waals surface area (Å²) < 4.78 is 0. The Morgan fingerprint density at radius 3 is 0.408 bits per heavy atom. The van der Waals surface area contributed by atoms with Gasteiger partial charge in [0.15, 0.2) is 0 Å². The molecule has 0 aliphatic carbocycles. The fourth-order valence-corrected chi connectivity index (χ4v) is 31.9.